The van der Waals surface area contributed by atoms with Crippen LogP contribution in [0.25, 0.3) is 0 Å². The van der Waals surface area contributed by atoms with Gasteiger partial charge in [0.2, 0.25) is 10.0 Å². The average molecular weight is 371 g/mol. The molecule has 23 heavy (non-hydrogen) atoms. The third-order valence-electron chi connectivity index (χ3n) is 2.54. The summed E-state index contributed by atoms with van der Waals surface area (Å²) < 4.78 is 124. The summed E-state index contributed by atoms with van der Waals surface area (Å²) in [5.74, 6) is -1.52. The molecule has 3 nitrogen and oxygen atoms in total. The van der Waals surface area contributed by atoms with Gasteiger partial charge < -0.3 is 0 Å². The van der Waals surface area contributed by atoms with Gasteiger partial charge >= 0.3 is 12.4 Å². The third kappa shape index (κ3) is 5.94. The van der Waals surface area contributed by atoms with Crippen LogP contribution in [0.15, 0.2) is 18.2 Å². The molecule has 132 valence electrons. The Kier molecular flexibility index (Phi) is 5.62. The van der Waals surface area contributed by atoms with Gasteiger partial charge in [-0.25, -0.2) is 21.9 Å². The van der Waals surface area contributed by atoms with Crippen molar-refractivity contribution >= 4 is 10.0 Å². The van der Waals surface area contributed by atoms with Crippen molar-refractivity contribution in [1.29, 1.82) is 0 Å². The van der Waals surface area contributed by atoms with Crippen molar-refractivity contribution in [2.45, 2.75) is 24.5 Å². The highest BCUT2D eigenvalue weighted by molar-refractivity contribution is 7.88. The van der Waals surface area contributed by atoms with Crippen molar-refractivity contribution in [1.82, 2.24) is 4.72 Å². The van der Waals surface area contributed by atoms with Gasteiger partial charge in [-0.3, -0.25) is 0 Å². The zero-order valence-electron chi connectivity index (χ0n) is 11.0. The molecule has 1 rings (SSSR count). The highest BCUT2D eigenvalue weighted by Crippen LogP contribution is 2.37. The molecule has 1 aromatic rings. The average Bonchev–Trinajstić information content (AvgIpc) is 2.33. The largest absolute Gasteiger partial charge is 0.416 e. The molecule has 0 atom stereocenters. The zero-order valence-corrected chi connectivity index (χ0v) is 11.8. The van der Waals surface area contributed by atoms with Crippen molar-refractivity contribution in [2.75, 3.05) is 6.54 Å². The van der Waals surface area contributed by atoms with E-state index in [0.29, 0.717) is 0 Å². The number of sulfonamides is 1. The highest BCUT2D eigenvalue weighted by Gasteiger charge is 2.37. The zero-order chi connectivity index (χ0) is 18.1. The SMILES string of the molecule is O=S(=O)(Cc1cc(C(F)(F)F)ccc1C(F)(F)F)NCC(F)F. The van der Waals surface area contributed by atoms with Crippen LogP contribution in [-0.2, 0) is 28.1 Å². The second-order valence-corrected chi connectivity index (χ2v) is 6.17. The predicted octanol–water partition coefficient (Wildman–Crippen LogP) is 3.41. The van der Waals surface area contributed by atoms with Gasteiger partial charge in [0.25, 0.3) is 6.43 Å². The molecule has 0 fully saturated rings. The smallest absolute Gasteiger partial charge is 0.212 e. The molecule has 1 aromatic carbocycles. The minimum absolute atomic E-state index is 0.0322. The van der Waals surface area contributed by atoms with E-state index in [2.05, 4.69) is 0 Å². The lowest BCUT2D eigenvalue weighted by Crippen LogP contribution is -2.30. The molecule has 0 saturated heterocycles. The molecule has 0 aliphatic rings. The molecule has 0 spiro atoms. The van der Waals surface area contributed by atoms with E-state index in [4.69, 9.17) is 0 Å². The monoisotopic (exact) mass is 371 g/mol. The van der Waals surface area contributed by atoms with Crippen molar-refractivity contribution in [3.05, 3.63) is 34.9 Å². The maximum atomic E-state index is 12.7. The Balaban J connectivity index is 3.25. The summed E-state index contributed by atoms with van der Waals surface area (Å²) in [5, 5.41) is 0. The summed E-state index contributed by atoms with van der Waals surface area (Å²) in [5.41, 5.74) is -4.26. The molecular weight excluding hydrogens is 362 g/mol. The first kappa shape index (κ1) is 19.6. The Morgan fingerprint density at radius 1 is 1.00 bits per heavy atom. The van der Waals surface area contributed by atoms with E-state index in [1.807, 2.05) is 0 Å². The summed E-state index contributed by atoms with van der Waals surface area (Å²) in [6, 6.07) is 0.288. The van der Waals surface area contributed by atoms with E-state index < -0.39 is 57.8 Å². The van der Waals surface area contributed by atoms with E-state index in [1.165, 1.54) is 4.72 Å². The molecular formula is C11H9F8NO2S. The fourth-order valence-electron chi connectivity index (χ4n) is 1.61. The number of hydrogen-bond acceptors (Lipinski definition) is 2. The van der Waals surface area contributed by atoms with Crippen LogP contribution in [0.5, 0.6) is 0 Å². The third-order valence-corrected chi connectivity index (χ3v) is 3.84. The van der Waals surface area contributed by atoms with E-state index in [-0.39, 0.29) is 18.2 Å². The molecule has 0 aliphatic heterocycles. The first-order valence-corrected chi connectivity index (χ1v) is 7.40. The Hall–Kier alpha value is -1.43. The summed E-state index contributed by atoms with van der Waals surface area (Å²) in [4.78, 5) is 0. The molecule has 12 heteroatoms. The van der Waals surface area contributed by atoms with Crippen LogP contribution in [0.4, 0.5) is 35.1 Å². The standard InChI is InChI=1S/C11H9F8NO2S/c12-9(13)4-20-23(21,22)5-6-3-7(10(14,15)16)1-2-8(6)11(17,18)19/h1-3,9,20H,4-5H2. The summed E-state index contributed by atoms with van der Waals surface area (Å²) in [6.07, 6.45) is -13.2. The molecule has 0 radical (unpaired) electrons. The summed E-state index contributed by atoms with van der Waals surface area (Å²) in [6.45, 7) is -1.36. The van der Waals surface area contributed by atoms with Crippen molar-refractivity contribution in [2.24, 2.45) is 0 Å². The lowest BCUT2D eigenvalue weighted by molar-refractivity contribution is -0.141. The predicted molar refractivity (Wildman–Crippen MR) is 63.1 cm³/mol. The van der Waals surface area contributed by atoms with Crippen LogP contribution >= 0.6 is 0 Å². The summed E-state index contributed by atoms with van der Waals surface area (Å²) in [7, 11) is -4.67. The van der Waals surface area contributed by atoms with Crippen LogP contribution in [0.2, 0.25) is 0 Å². The quantitative estimate of drug-likeness (QED) is 0.807. The number of alkyl halides is 8. The van der Waals surface area contributed by atoms with E-state index in [1.54, 1.807) is 0 Å². The number of rotatable bonds is 5. The van der Waals surface area contributed by atoms with Crippen LogP contribution in [0.1, 0.15) is 16.7 Å². The lowest BCUT2D eigenvalue weighted by Gasteiger charge is -2.16. The molecule has 1 N–H and O–H groups in total. The number of nitrogens with one attached hydrogen (secondary N) is 1. The van der Waals surface area contributed by atoms with Crippen LogP contribution in [0.3, 0.4) is 0 Å². The minimum atomic E-state index is -5.10. The van der Waals surface area contributed by atoms with Crippen molar-refractivity contribution in [3.63, 3.8) is 0 Å². The topological polar surface area (TPSA) is 46.2 Å². The van der Waals surface area contributed by atoms with Crippen molar-refractivity contribution in [3.8, 4) is 0 Å². The number of benzene rings is 1. The van der Waals surface area contributed by atoms with Gasteiger partial charge in [0.15, 0.2) is 0 Å². The maximum absolute atomic E-state index is 12.7. The number of halogens is 8. The van der Waals surface area contributed by atoms with Gasteiger partial charge in [-0.1, -0.05) is 0 Å². The van der Waals surface area contributed by atoms with Crippen LogP contribution in [0, 0.1) is 0 Å². The molecule has 0 amide bonds. The highest BCUT2D eigenvalue weighted by atomic mass is 32.2. The minimum Gasteiger partial charge on any atom is -0.212 e. The normalized spacial score (nSPS) is 13.6. The molecule has 0 aliphatic carbocycles. The Morgan fingerprint density at radius 3 is 2.00 bits per heavy atom. The lowest BCUT2D eigenvalue weighted by atomic mass is 10.0. The molecule has 0 unspecified atom stereocenters. The van der Waals surface area contributed by atoms with E-state index >= 15 is 0 Å². The Labute approximate surface area is 125 Å². The van der Waals surface area contributed by atoms with E-state index in [9.17, 15) is 43.5 Å². The number of hydrogen-bond donors (Lipinski definition) is 1. The summed E-state index contributed by atoms with van der Waals surface area (Å²) >= 11 is 0. The van der Waals surface area contributed by atoms with Gasteiger partial charge in [0, 0.05) is 0 Å². The van der Waals surface area contributed by atoms with Gasteiger partial charge in [0.1, 0.15) is 0 Å². The Bertz CT molecular complexity index is 651. The fraction of sp³-hybridized carbons (Fsp3) is 0.455. The van der Waals surface area contributed by atoms with E-state index in [0.717, 1.165) is 0 Å². The Morgan fingerprint density at radius 2 is 1.57 bits per heavy atom. The van der Waals surface area contributed by atoms with Gasteiger partial charge in [-0.05, 0) is 23.8 Å². The van der Waals surface area contributed by atoms with Gasteiger partial charge in [-0.2, -0.15) is 26.3 Å². The first-order chi connectivity index (χ1) is 10.2. The van der Waals surface area contributed by atoms with Crippen LogP contribution in [-0.4, -0.2) is 21.4 Å². The van der Waals surface area contributed by atoms with Gasteiger partial charge in [-0.15, -0.1) is 0 Å². The van der Waals surface area contributed by atoms with Crippen LogP contribution < -0.4 is 4.72 Å². The van der Waals surface area contributed by atoms with Gasteiger partial charge in [0.05, 0.1) is 23.4 Å². The second kappa shape index (κ2) is 6.59. The molecule has 0 bridgehead atoms. The van der Waals surface area contributed by atoms with Crippen molar-refractivity contribution < 1.29 is 43.5 Å². The molecule has 0 aromatic heterocycles. The second-order valence-electron chi connectivity index (χ2n) is 4.37. The first-order valence-electron chi connectivity index (χ1n) is 5.75. The fourth-order valence-corrected chi connectivity index (χ4v) is 2.74. The molecule has 0 saturated carbocycles. The maximum Gasteiger partial charge on any atom is 0.416 e. The molecule has 0 heterocycles.